The first-order valence-electron chi connectivity index (χ1n) is 4.51. The molecule has 0 bridgehead atoms. The summed E-state index contributed by atoms with van der Waals surface area (Å²) in [7, 11) is 6.21. The molecule has 1 unspecified atom stereocenters. The molecule has 0 radical (unpaired) electrons. The molecule has 0 aromatic carbocycles. The molecule has 3 nitrogen and oxygen atoms in total. The summed E-state index contributed by atoms with van der Waals surface area (Å²) in [5, 5.41) is 8.72. The maximum atomic E-state index is 10.6. The summed E-state index contributed by atoms with van der Waals surface area (Å²) < 4.78 is 0.765. The highest BCUT2D eigenvalue weighted by atomic mass is 16.4. The van der Waals surface area contributed by atoms with E-state index in [2.05, 4.69) is 28.1 Å². The van der Waals surface area contributed by atoms with Gasteiger partial charge in [0.15, 0.2) is 0 Å². The number of carboxylic acids is 1. The Labute approximate surface area is 80.3 Å². The fraction of sp³-hybridized carbons (Fsp3) is 0.700. The number of hydrogen-bond acceptors (Lipinski definition) is 1. The van der Waals surface area contributed by atoms with E-state index in [9.17, 15) is 4.79 Å². The van der Waals surface area contributed by atoms with Crippen LogP contribution < -0.4 is 0 Å². The van der Waals surface area contributed by atoms with Gasteiger partial charge in [0.1, 0.15) is 6.04 Å². The third-order valence-electron chi connectivity index (χ3n) is 2.19. The number of aliphatic carboxylic acids is 1. The maximum absolute atomic E-state index is 10.6. The Morgan fingerprint density at radius 2 is 1.92 bits per heavy atom. The largest absolute Gasteiger partial charge is 0.478 e. The summed E-state index contributed by atoms with van der Waals surface area (Å²) in [5.74, 6) is -0.827. The number of quaternary nitrogens is 1. The van der Waals surface area contributed by atoms with Crippen LogP contribution in [-0.4, -0.2) is 42.7 Å². The molecule has 1 atom stereocenters. The summed E-state index contributed by atoms with van der Waals surface area (Å²) >= 11 is 0. The Bertz CT molecular complexity index is 213. The first kappa shape index (κ1) is 12.2. The molecular formula is C10H20NO2+. The molecular weight excluding hydrogens is 166 g/mol. The molecule has 0 aliphatic heterocycles. The number of carbonyl (C=O) groups is 1. The van der Waals surface area contributed by atoms with E-state index in [1.54, 1.807) is 6.92 Å². The quantitative estimate of drug-likeness (QED) is 0.533. The van der Waals surface area contributed by atoms with Gasteiger partial charge >= 0.3 is 5.97 Å². The van der Waals surface area contributed by atoms with Crippen LogP contribution >= 0.6 is 0 Å². The van der Waals surface area contributed by atoms with Crippen LogP contribution in [0, 0.1) is 0 Å². The van der Waals surface area contributed by atoms with Gasteiger partial charge in [0.2, 0.25) is 0 Å². The zero-order valence-corrected chi connectivity index (χ0v) is 9.16. The highest BCUT2D eigenvalue weighted by Crippen LogP contribution is 2.11. The average molecular weight is 186 g/mol. The molecule has 0 saturated heterocycles. The minimum Gasteiger partial charge on any atom is -0.478 e. The van der Waals surface area contributed by atoms with Gasteiger partial charge in [-0.3, -0.25) is 0 Å². The first-order valence-corrected chi connectivity index (χ1v) is 4.51. The summed E-state index contributed by atoms with van der Waals surface area (Å²) in [5.41, 5.74) is 0.430. The van der Waals surface area contributed by atoms with Crippen molar-refractivity contribution in [1.29, 1.82) is 0 Å². The Balaban J connectivity index is 4.64. The highest BCUT2D eigenvalue weighted by Gasteiger charge is 2.20. The lowest BCUT2D eigenvalue weighted by Crippen LogP contribution is -2.43. The number of hydrogen-bond donors (Lipinski definition) is 1. The number of carboxylic acid groups (broad SMARTS) is 1. The van der Waals surface area contributed by atoms with Crippen molar-refractivity contribution >= 4 is 5.97 Å². The van der Waals surface area contributed by atoms with Crippen LogP contribution in [0.1, 0.15) is 20.3 Å². The van der Waals surface area contributed by atoms with Crippen LogP contribution in [-0.2, 0) is 4.79 Å². The van der Waals surface area contributed by atoms with E-state index in [1.165, 1.54) is 0 Å². The van der Waals surface area contributed by atoms with Crippen LogP contribution in [0.4, 0.5) is 0 Å². The van der Waals surface area contributed by atoms with Gasteiger partial charge in [0.05, 0.1) is 21.1 Å². The van der Waals surface area contributed by atoms with Crippen molar-refractivity contribution in [3.8, 4) is 0 Å². The van der Waals surface area contributed by atoms with Gasteiger partial charge in [0.25, 0.3) is 0 Å². The van der Waals surface area contributed by atoms with Crippen molar-refractivity contribution in [2.45, 2.75) is 26.3 Å². The lowest BCUT2D eigenvalue weighted by Gasteiger charge is -2.31. The third kappa shape index (κ3) is 4.08. The van der Waals surface area contributed by atoms with E-state index in [0.29, 0.717) is 5.57 Å². The lowest BCUT2D eigenvalue weighted by molar-refractivity contribution is -0.889. The summed E-state index contributed by atoms with van der Waals surface area (Å²) in [6.07, 6.45) is 2.79. The Hall–Kier alpha value is -0.830. The summed E-state index contributed by atoms with van der Waals surface area (Å²) in [4.78, 5) is 10.6. The van der Waals surface area contributed by atoms with Crippen LogP contribution in [0.25, 0.3) is 0 Å². The molecule has 0 amide bonds. The fourth-order valence-electron chi connectivity index (χ4n) is 1.25. The zero-order valence-electron chi connectivity index (χ0n) is 9.16. The molecule has 0 saturated carbocycles. The van der Waals surface area contributed by atoms with E-state index in [4.69, 9.17) is 5.11 Å². The molecule has 76 valence electrons. The van der Waals surface area contributed by atoms with Gasteiger partial charge in [-0.25, -0.2) is 4.79 Å². The van der Waals surface area contributed by atoms with E-state index < -0.39 is 5.97 Å². The zero-order chi connectivity index (χ0) is 10.6. The van der Waals surface area contributed by atoms with Crippen LogP contribution in [0.15, 0.2) is 11.6 Å². The normalized spacial score (nSPS) is 15.6. The van der Waals surface area contributed by atoms with Crippen molar-refractivity contribution in [3.63, 3.8) is 0 Å². The van der Waals surface area contributed by atoms with Crippen molar-refractivity contribution in [2.24, 2.45) is 0 Å². The molecule has 0 aliphatic rings. The predicted octanol–water partition coefficient (Wildman–Crippen LogP) is 1.50. The van der Waals surface area contributed by atoms with Crippen LogP contribution in [0.3, 0.4) is 0 Å². The molecule has 0 fully saturated rings. The topological polar surface area (TPSA) is 37.3 Å². The van der Waals surface area contributed by atoms with Gasteiger partial charge in [0, 0.05) is 12.0 Å². The Kier molecular flexibility index (Phi) is 4.14. The van der Waals surface area contributed by atoms with Gasteiger partial charge in [-0.1, -0.05) is 6.92 Å². The smallest absolute Gasteiger partial charge is 0.331 e. The van der Waals surface area contributed by atoms with Gasteiger partial charge < -0.3 is 9.59 Å². The van der Waals surface area contributed by atoms with E-state index in [1.807, 2.05) is 6.08 Å². The van der Waals surface area contributed by atoms with E-state index >= 15 is 0 Å². The van der Waals surface area contributed by atoms with Gasteiger partial charge in [-0.2, -0.15) is 0 Å². The molecule has 0 aromatic heterocycles. The third-order valence-corrected chi connectivity index (χ3v) is 2.19. The lowest BCUT2D eigenvalue weighted by atomic mass is 10.1. The second-order valence-electron chi connectivity index (χ2n) is 4.25. The average Bonchev–Trinajstić information content (AvgIpc) is 1.96. The van der Waals surface area contributed by atoms with Crippen molar-refractivity contribution in [1.82, 2.24) is 0 Å². The molecule has 0 rings (SSSR count). The Morgan fingerprint density at radius 1 is 1.46 bits per heavy atom. The number of likely N-dealkylation sites (N-methyl/N-ethyl adjacent to an activating group) is 1. The molecule has 0 aliphatic carbocycles. The monoisotopic (exact) mass is 186 g/mol. The molecule has 13 heavy (non-hydrogen) atoms. The van der Waals surface area contributed by atoms with E-state index in [-0.39, 0.29) is 6.04 Å². The number of rotatable bonds is 4. The standard InChI is InChI=1S/C10H19NO2/c1-6-9(11(3,4)5)7-8(2)10(12)13/h7,9H,6H2,1-5H3/p+1/b8-7+. The summed E-state index contributed by atoms with van der Waals surface area (Å²) in [6.45, 7) is 3.71. The molecule has 1 N–H and O–H groups in total. The predicted molar refractivity (Wildman–Crippen MR) is 53.5 cm³/mol. The molecule has 0 spiro atoms. The maximum Gasteiger partial charge on any atom is 0.331 e. The van der Waals surface area contributed by atoms with Gasteiger partial charge in [-0.05, 0) is 13.0 Å². The van der Waals surface area contributed by atoms with Crippen molar-refractivity contribution < 1.29 is 14.4 Å². The molecule has 3 heteroatoms. The summed E-state index contributed by atoms with van der Waals surface area (Å²) in [6, 6.07) is 0.274. The van der Waals surface area contributed by atoms with Crippen LogP contribution in [0.5, 0.6) is 0 Å². The minimum absolute atomic E-state index is 0.274. The van der Waals surface area contributed by atoms with Crippen molar-refractivity contribution in [2.75, 3.05) is 21.1 Å². The molecule has 0 heterocycles. The van der Waals surface area contributed by atoms with Crippen molar-refractivity contribution in [3.05, 3.63) is 11.6 Å². The second kappa shape index (κ2) is 4.42. The Morgan fingerprint density at radius 3 is 2.15 bits per heavy atom. The van der Waals surface area contributed by atoms with E-state index in [0.717, 1.165) is 10.9 Å². The SMILES string of the molecule is CCC(/C=C(\C)C(=O)O)[N+](C)(C)C. The van der Waals surface area contributed by atoms with Crippen LogP contribution in [0.2, 0.25) is 0 Å². The minimum atomic E-state index is -0.827. The highest BCUT2D eigenvalue weighted by molar-refractivity contribution is 5.85. The second-order valence-corrected chi connectivity index (χ2v) is 4.25. The fourth-order valence-corrected chi connectivity index (χ4v) is 1.25. The number of nitrogens with zero attached hydrogens (tertiary/aromatic N) is 1. The molecule has 0 aromatic rings. The first-order chi connectivity index (χ1) is 5.79. The van der Waals surface area contributed by atoms with Gasteiger partial charge in [-0.15, -0.1) is 0 Å².